The van der Waals surface area contributed by atoms with E-state index in [0.717, 1.165) is 24.8 Å². The molecule has 2 aromatic heterocycles. The van der Waals surface area contributed by atoms with Gasteiger partial charge in [-0.25, -0.2) is 4.98 Å². The predicted octanol–water partition coefficient (Wildman–Crippen LogP) is 2.79. The summed E-state index contributed by atoms with van der Waals surface area (Å²) in [6.45, 7) is 10.7. The van der Waals surface area contributed by atoms with Crippen molar-refractivity contribution in [3.63, 3.8) is 0 Å². The van der Waals surface area contributed by atoms with Crippen molar-refractivity contribution in [2.75, 3.05) is 13.6 Å². The molecule has 25 heavy (non-hydrogen) atoms. The molecule has 2 N–H and O–H groups in total. The molecule has 140 valence electrons. The van der Waals surface area contributed by atoms with Crippen molar-refractivity contribution < 1.29 is 4.42 Å². The van der Waals surface area contributed by atoms with Gasteiger partial charge in [0.1, 0.15) is 5.76 Å². The predicted molar refractivity (Wildman–Crippen MR) is 110 cm³/mol. The molecule has 0 aromatic carbocycles. The second-order valence-corrected chi connectivity index (χ2v) is 7.01. The number of oxazole rings is 1. The fourth-order valence-corrected chi connectivity index (χ4v) is 2.18. The third kappa shape index (κ3) is 7.05. The molecule has 0 amide bonds. The molecular weight excluding hydrogens is 431 g/mol. The number of aliphatic imine (C=N–C) groups is 1. The Kier molecular flexibility index (Phi) is 8.40. The maximum atomic E-state index is 5.77. The Morgan fingerprint density at radius 1 is 1.36 bits per heavy atom. The fraction of sp³-hybridized carbons (Fsp3) is 0.588. The van der Waals surface area contributed by atoms with Gasteiger partial charge < -0.3 is 15.1 Å². The smallest absolute Gasteiger partial charge is 0.213 e. The van der Waals surface area contributed by atoms with Crippen molar-refractivity contribution in [2.45, 2.75) is 46.2 Å². The first kappa shape index (κ1) is 21.5. The van der Waals surface area contributed by atoms with Crippen LogP contribution >= 0.6 is 24.0 Å². The lowest BCUT2D eigenvalue weighted by Crippen LogP contribution is -2.39. The topological polar surface area (TPSA) is 80.3 Å². The van der Waals surface area contributed by atoms with Gasteiger partial charge >= 0.3 is 0 Å². The Labute approximate surface area is 166 Å². The summed E-state index contributed by atoms with van der Waals surface area (Å²) in [5, 5.41) is 10.8. The van der Waals surface area contributed by atoms with Crippen LogP contribution in [0.2, 0.25) is 0 Å². The van der Waals surface area contributed by atoms with Crippen LogP contribution in [-0.2, 0) is 18.5 Å². The molecule has 1 atom stereocenters. The number of hydrogen-bond acceptors (Lipinski definition) is 4. The van der Waals surface area contributed by atoms with Gasteiger partial charge in [0, 0.05) is 37.9 Å². The quantitative estimate of drug-likeness (QED) is 0.394. The summed E-state index contributed by atoms with van der Waals surface area (Å²) in [6, 6.07) is 1.93. The zero-order valence-corrected chi connectivity index (χ0v) is 17.9. The summed E-state index contributed by atoms with van der Waals surface area (Å²) in [5.74, 6) is 2.71. The number of hydrogen-bond donors (Lipinski definition) is 2. The zero-order chi connectivity index (χ0) is 17.6. The van der Waals surface area contributed by atoms with E-state index in [-0.39, 0.29) is 29.4 Å². The van der Waals surface area contributed by atoms with Gasteiger partial charge in [0.05, 0.1) is 12.7 Å². The van der Waals surface area contributed by atoms with Crippen LogP contribution in [0.5, 0.6) is 0 Å². The summed E-state index contributed by atoms with van der Waals surface area (Å²) in [4.78, 5) is 8.54. The van der Waals surface area contributed by atoms with Crippen LogP contribution in [0.1, 0.15) is 39.3 Å². The molecule has 8 heteroatoms. The number of halogens is 1. The average Bonchev–Trinajstić information content (AvgIpc) is 3.18. The van der Waals surface area contributed by atoms with E-state index in [1.165, 1.54) is 0 Å². The molecule has 0 spiro atoms. The Bertz CT molecular complexity index is 644. The SMILES string of the molecule is CN=C(NCc1ncc(C(C)(C)C)o1)NCC(C)Cn1cccn1.I. The van der Waals surface area contributed by atoms with Gasteiger partial charge in [-0.1, -0.05) is 27.7 Å². The monoisotopic (exact) mass is 460 g/mol. The second kappa shape index (κ2) is 9.79. The summed E-state index contributed by atoms with van der Waals surface area (Å²) < 4.78 is 7.70. The summed E-state index contributed by atoms with van der Waals surface area (Å²) in [6.07, 6.45) is 5.56. The Morgan fingerprint density at radius 3 is 2.68 bits per heavy atom. The highest BCUT2D eigenvalue weighted by atomic mass is 127. The Hall–Kier alpha value is -1.58. The van der Waals surface area contributed by atoms with E-state index in [4.69, 9.17) is 4.42 Å². The average molecular weight is 460 g/mol. The summed E-state index contributed by atoms with van der Waals surface area (Å²) in [5.41, 5.74) is -0.0346. The first-order chi connectivity index (χ1) is 11.4. The molecule has 0 saturated heterocycles. The molecule has 0 radical (unpaired) electrons. The van der Waals surface area contributed by atoms with Gasteiger partial charge in [-0.3, -0.25) is 9.67 Å². The van der Waals surface area contributed by atoms with Crippen LogP contribution in [0.25, 0.3) is 0 Å². The van der Waals surface area contributed by atoms with Crippen LogP contribution in [0.15, 0.2) is 34.1 Å². The maximum absolute atomic E-state index is 5.77. The number of guanidine groups is 1. The van der Waals surface area contributed by atoms with Crippen LogP contribution in [-0.4, -0.2) is 34.3 Å². The third-order valence-electron chi connectivity index (χ3n) is 3.60. The molecule has 0 saturated carbocycles. The molecular formula is C17H29IN6O. The van der Waals surface area contributed by atoms with E-state index in [9.17, 15) is 0 Å². The first-order valence-electron chi connectivity index (χ1n) is 8.25. The van der Waals surface area contributed by atoms with Crippen molar-refractivity contribution in [3.05, 3.63) is 36.3 Å². The van der Waals surface area contributed by atoms with Crippen molar-refractivity contribution in [1.82, 2.24) is 25.4 Å². The van der Waals surface area contributed by atoms with Gasteiger partial charge in [-0.2, -0.15) is 5.10 Å². The molecule has 0 fully saturated rings. The largest absolute Gasteiger partial charge is 0.443 e. The minimum absolute atomic E-state index is 0. The fourth-order valence-electron chi connectivity index (χ4n) is 2.18. The summed E-state index contributed by atoms with van der Waals surface area (Å²) in [7, 11) is 1.75. The molecule has 1 unspecified atom stereocenters. The Balaban J connectivity index is 0.00000312. The third-order valence-corrected chi connectivity index (χ3v) is 3.60. The molecule has 2 rings (SSSR count). The lowest BCUT2D eigenvalue weighted by molar-refractivity contribution is 0.379. The number of aromatic nitrogens is 3. The van der Waals surface area contributed by atoms with E-state index in [1.54, 1.807) is 19.4 Å². The van der Waals surface area contributed by atoms with E-state index >= 15 is 0 Å². The number of rotatable bonds is 6. The highest BCUT2D eigenvalue weighted by Gasteiger charge is 2.19. The molecule has 7 nitrogen and oxygen atoms in total. The maximum Gasteiger partial charge on any atom is 0.213 e. The minimum Gasteiger partial charge on any atom is -0.443 e. The van der Waals surface area contributed by atoms with E-state index in [0.29, 0.717) is 18.4 Å². The van der Waals surface area contributed by atoms with Crippen LogP contribution < -0.4 is 10.6 Å². The lowest BCUT2D eigenvalue weighted by Gasteiger charge is -2.16. The van der Waals surface area contributed by atoms with Crippen LogP contribution in [0, 0.1) is 5.92 Å². The van der Waals surface area contributed by atoms with Crippen LogP contribution in [0.4, 0.5) is 0 Å². The highest BCUT2D eigenvalue weighted by molar-refractivity contribution is 14.0. The second-order valence-electron chi connectivity index (χ2n) is 7.01. The standard InChI is InChI=1S/C17H28N6O.HI/c1-13(12-23-8-6-7-22-23)9-20-16(18-5)21-11-15-19-10-14(24-15)17(2,3)4;/h6-8,10,13H,9,11-12H2,1-5H3,(H2,18,20,21);1H. The summed E-state index contributed by atoms with van der Waals surface area (Å²) >= 11 is 0. The zero-order valence-electron chi connectivity index (χ0n) is 15.6. The molecule has 0 bridgehead atoms. The van der Waals surface area contributed by atoms with Crippen molar-refractivity contribution in [1.29, 1.82) is 0 Å². The van der Waals surface area contributed by atoms with Gasteiger partial charge in [-0.05, 0) is 12.0 Å². The van der Waals surface area contributed by atoms with Crippen LogP contribution in [0.3, 0.4) is 0 Å². The molecule has 0 aliphatic heterocycles. The first-order valence-corrected chi connectivity index (χ1v) is 8.25. The molecule has 0 aliphatic carbocycles. The molecule has 2 aromatic rings. The van der Waals surface area contributed by atoms with Crippen molar-refractivity contribution >= 4 is 29.9 Å². The van der Waals surface area contributed by atoms with Gasteiger partial charge in [0.2, 0.25) is 5.89 Å². The van der Waals surface area contributed by atoms with E-state index < -0.39 is 0 Å². The minimum atomic E-state index is -0.0346. The van der Waals surface area contributed by atoms with Crippen molar-refractivity contribution in [3.8, 4) is 0 Å². The Morgan fingerprint density at radius 2 is 2.12 bits per heavy atom. The van der Waals surface area contributed by atoms with Gasteiger partial charge in [-0.15, -0.1) is 24.0 Å². The highest BCUT2D eigenvalue weighted by Crippen LogP contribution is 2.22. The molecule has 2 heterocycles. The number of nitrogens with zero attached hydrogens (tertiary/aromatic N) is 4. The van der Waals surface area contributed by atoms with Gasteiger partial charge in [0.25, 0.3) is 0 Å². The van der Waals surface area contributed by atoms with E-state index in [2.05, 4.69) is 53.4 Å². The lowest BCUT2D eigenvalue weighted by atomic mass is 9.94. The van der Waals surface area contributed by atoms with Crippen molar-refractivity contribution in [2.24, 2.45) is 10.9 Å². The van der Waals surface area contributed by atoms with Gasteiger partial charge in [0.15, 0.2) is 5.96 Å². The van der Waals surface area contributed by atoms with E-state index in [1.807, 2.05) is 16.9 Å². The molecule has 0 aliphatic rings. The normalized spacial score (nSPS) is 13.2. The number of nitrogens with one attached hydrogen (secondary N) is 2.